The van der Waals surface area contributed by atoms with Gasteiger partial charge < -0.3 is 33.7 Å². The standard InChI is InChI=1S/C6H10F3N2.BH3O3.K/c1-10-2-3-11(6(8)9)5(7)4-10;2-1(3)4;/h5H,2-4H2,1H3;2-4H;/q-1;;+1. The maximum atomic E-state index is 12.7. The summed E-state index contributed by atoms with van der Waals surface area (Å²) in [5, 5.41) is 21.5. The fourth-order valence-corrected chi connectivity index (χ4v) is 1.06. The summed E-state index contributed by atoms with van der Waals surface area (Å²) in [6, 6.07) is 0. The molecule has 1 unspecified atom stereocenters. The Hall–Kier alpha value is 1.29. The van der Waals surface area contributed by atoms with Gasteiger partial charge >= 0.3 is 58.7 Å². The Labute approximate surface area is 135 Å². The van der Waals surface area contributed by atoms with E-state index in [9.17, 15) is 13.2 Å². The minimum Gasteiger partial charge on any atom is -0.404 e. The molecule has 0 aromatic rings. The first kappa shape index (κ1) is 19.6. The zero-order valence-corrected chi connectivity index (χ0v) is 12.3. The van der Waals surface area contributed by atoms with Crippen molar-refractivity contribution >= 4 is 7.32 Å². The molecule has 10 heteroatoms. The normalized spacial score (nSPS) is 22.1. The van der Waals surface area contributed by atoms with E-state index in [1.165, 1.54) is 0 Å². The van der Waals surface area contributed by atoms with Crippen LogP contribution in [0.25, 0.3) is 0 Å². The summed E-state index contributed by atoms with van der Waals surface area (Å²) in [5.74, 6) is 0. The van der Waals surface area contributed by atoms with Crippen LogP contribution in [-0.4, -0.2) is 65.2 Å². The molecular weight excluding hydrogens is 255 g/mol. The van der Waals surface area contributed by atoms with Gasteiger partial charge in [0.15, 0.2) is 0 Å². The summed E-state index contributed by atoms with van der Waals surface area (Å²) < 4.78 is 36.5. The van der Waals surface area contributed by atoms with Crippen LogP contribution in [-0.2, 0) is 0 Å². The Balaban J connectivity index is 0. The summed E-state index contributed by atoms with van der Waals surface area (Å²) in [6.07, 6.45) is -1.56. The van der Waals surface area contributed by atoms with E-state index in [0.717, 1.165) is 0 Å². The zero-order valence-electron chi connectivity index (χ0n) is 9.15. The molecule has 0 spiro atoms. The van der Waals surface area contributed by atoms with Crippen molar-refractivity contribution in [1.29, 1.82) is 0 Å². The smallest absolute Gasteiger partial charge is 0.404 e. The third kappa shape index (κ3) is 9.33. The quantitative estimate of drug-likeness (QED) is 0.256. The van der Waals surface area contributed by atoms with Gasteiger partial charge in [-0.2, -0.15) is 0 Å². The number of alkyl halides is 1. The van der Waals surface area contributed by atoms with E-state index < -0.39 is 20.2 Å². The van der Waals surface area contributed by atoms with Crippen molar-refractivity contribution in [3.05, 3.63) is 6.55 Å². The molecule has 5 nitrogen and oxygen atoms in total. The molecule has 1 heterocycles. The van der Waals surface area contributed by atoms with Gasteiger partial charge in [0, 0.05) is 13.1 Å². The average Bonchev–Trinajstić information content (AvgIpc) is 2.01. The maximum absolute atomic E-state index is 12.7. The maximum Gasteiger partial charge on any atom is 1.00 e. The third-order valence-corrected chi connectivity index (χ3v) is 1.74. The molecule has 0 radical (unpaired) electrons. The van der Waals surface area contributed by atoms with Crippen LogP contribution < -0.4 is 51.4 Å². The van der Waals surface area contributed by atoms with Crippen LogP contribution in [0.15, 0.2) is 0 Å². The minimum atomic E-state index is -2.17. The topological polar surface area (TPSA) is 67.2 Å². The summed E-state index contributed by atoms with van der Waals surface area (Å²) in [5.41, 5.74) is 0. The van der Waals surface area contributed by atoms with Crippen LogP contribution in [0.5, 0.6) is 0 Å². The zero-order chi connectivity index (χ0) is 12.0. The van der Waals surface area contributed by atoms with E-state index in [0.29, 0.717) is 11.4 Å². The summed E-state index contributed by atoms with van der Waals surface area (Å²) in [6.45, 7) is -1.32. The average molecular weight is 268 g/mol. The molecule has 0 saturated carbocycles. The Kier molecular flexibility index (Phi) is 12.6. The van der Waals surface area contributed by atoms with E-state index in [4.69, 9.17) is 15.1 Å². The van der Waals surface area contributed by atoms with E-state index >= 15 is 0 Å². The van der Waals surface area contributed by atoms with Gasteiger partial charge in [0.05, 0.1) is 6.55 Å². The van der Waals surface area contributed by atoms with Gasteiger partial charge in [-0.1, -0.05) is 0 Å². The Morgan fingerprint density at radius 1 is 1.25 bits per heavy atom. The molecule has 90 valence electrons. The van der Waals surface area contributed by atoms with Gasteiger partial charge in [0.25, 0.3) is 0 Å². The second kappa shape index (κ2) is 10.2. The van der Waals surface area contributed by atoms with Gasteiger partial charge in [-0.15, -0.1) is 0 Å². The summed E-state index contributed by atoms with van der Waals surface area (Å²) in [4.78, 5) is 2.17. The molecule has 3 N–H and O–H groups in total. The van der Waals surface area contributed by atoms with Crippen LogP contribution in [0.2, 0.25) is 0 Å². The van der Waals surface area contributed by atoms with Crippen molar-refractivity contribution in [3.63, 3.8) is 0 Å². The van der Waals surface area contributed by atoms with Gasteiger partial charge in [-0.05, 0) is 13.6 Å². The van der Waals surface area contributed by atoms with Crippen LogP contribution >= 0.6 is 0 Å². The van der Waals surface area contributed by atoms with Gasteiger partial charge in [0.1, 0.15) is 6.30 Å². The monoisotopic (exact) mass is 268 g/mol. The molecule has 1 aliphatic heterocycles. The second-order valence-electron chi connectivity index (χ2n) is 2.98. The number of hydrogen-bond acceptors (Lipinski definition) is 5. The third-order valence-electron chi connectivity index (χ3n) is 1.74. The van der Waals surface area contributed by atoms with Crippen molar-refractivity contribution in [2.24, 2.45) is 0 Å². The molecule has 1 saturated heterocycles. The fraction of sp³-hybridized carbons (Fsp3) is 0.833. The summed E-state index contributed by atoms with van der Waals surface area (Å²) >= 11 is 0. The van der Waals surface area contributed by atoms with Crippen molar-refractivity contribution in [3.8, 4) is 0 Å². The van der Waals surface area contributed by atoms with Crippen LogP contribution in [0.3, 0.4) is 0 Å². The van der Waals surface area contributed by atoms with E-state index in [1.54, 1.807) is 11.9 Å². The second-order valence-corrected chi connectivity index (χ2v) is 2.98. The molecule has 0 aromatic carbocycles. The number of likely N-dealkylation sites (N-methyl/N-ethyl adjacent to an activating group) is 1. The molecule has 1 rings (SSSR count). The predicted octanol–water partition coefficient (Wildman–Crippen LogP) is -4.13. The molecule has 1 aliphatic rings. The minimum absolute atomic E-state index is 0. The largest absolute Gasteiger partial charge is 1.00 e. The van der Waals surface area contributed by atoms with Gasteiger partial charge in [-0.25, -0.2) is 4.39 Å². The van der Waals surface area contributed by atoms with Gasteiger partial charge in [0.2, 0.25) is 0 Å². The number of nitrogens with zero attached hydrogens (tertiary/aromatic N) is 2. The first-order valence-corrected chi connectivity index (χ1v) is 4.16. The number of halogens is 3. The first-order chi connectivity index (χ1) is 6.84. The molecule has 0 aliphatic carbocycles. The number of rotatable bonds is 1. The molecule has 0 amide bonds. The van der Waals surface area contributed by atoms with Crippen LogP contribution in [0.4, 0.5) is 13.2 Å². The Morgan fingerprint density at radius 3 is 2.00 bits per heavy atom. The van der Waals surface area contributed by atoms with Crippen LogP contribution in [0.1, 0.15) is 0 Å². The molecular formula is C6H13BF3KN2O3. The van der Waals surface area contributed by atoms with Crippen LogP contribution in [0, 0.1) is 6.55 Å². The van der Waals surface area contributed by atoms with Crippen molar-refractivity contribution in [2.75, 3.05) is 26.7 Å². The predicted molar refractivity (Wildman–Crippen MR) is 47.0 cm³/mol. The molecule has 16 heavy (non-hydrogen) atoms. The molecule has 1 fully saturated rings. The Bertz CT molecular complexity index is 180. The van der Waals surface area contributed by atoms with E-state index in [2.05, 4.69) is 0 Å². The summed E-state index contributed by atoms with van der Waals surface area (Å²) in [7, 11) is -0.458. The van der Waals surface area contributed by atoms with Crippen molar-refractivity contribution < 1.29 is 79.6 Å². The van der Waals surface area contributed by atoms with E-state index in [1.807, 2.05) is 0 Å². The van der Waals surface area contributed by atoms with Gasteiger partial charge in [-0.3, -0.25) is 0 Å². The van der Waals surface area contributed by atoms with E-state index in [-0.39, 0.29) is 64.5 Å². The van der Waals surface area contributed by atoms with Crippen molar-refractivity contribution in [1.82, 2.24) is 9.80 Å². The number of piperazine rings is 1. The molecule has 1 atom stereocenters. The number of hydrogen-bond donors (Lipinski definition) is 3. The van der Waals surface area contributed by atoms with Crippen molar-refractivity contribution in [2.45, 2.75) is 6.30 Å². The Morgan fingerprint density at radius 2 is 1.69 bits per heavy atom. The molecule has 0 aromatic heterocycles. The molecule has 0 bridgehead atoms. The first-order valence-electron chi connectivity index (χ1n) is 4.16. The fourth-order valence-electron chi connectivity index (χ4n) is 1.06. The SMILES string of the molecule is CN1CCN([C-](F)F)C(F)C1.OB(O)O.[K+].